The quantitative estimate of drug-likeness (QED) is 0.328. The van der Waals surface area contributed by atoms with Gasteiger partial charge in [-0.25, -0.2) is 23.5 Å². The van der Waals surface area contributed by atoms with Crippen molar-refractivity contribution in [1.82, 2.24) is 20.1 Å². The summed E-state index contributed by atoms with van der Waals surface area (Å²) in [5.74, 6) is -1.89. The molecule has 4 rings (SSSR count). The van der Waals surface area contributed by atoms with Crippen molar-refractivity contribution >= 4 is 10.0 Å². The summed E-state index contributed by atoms with van der Waals surface area (Å²) in [6.07, 6.45) is -9.71. The summed E-state index contributed by atoms with van der Waals surface area (Å²) in [5, 5.41) is 8.70. The van der Waals surface area contributed by atoms with E-state index < -0.39 is 51.1 Å². The molecule has 0 spiro atoms. The second kappa shape index (κ2) is 9.68. The highest BCUT2D eigenvalue weighted by atomic mass is 32.2. The predicted molar refractivity (Wildman–Crippen MR) is 119 cm³/mol. The topological polar surface area (TPSA) is 134 Å². The van der Waals surface area contributed by atoms with Crippen LogP contribution in [0.15, 0.2) is 57.9 Å². The van der Waals surface area contributed by atoms with Gasteiger partial charge in [0.25, 0.3) is 5.89 Å². The molecular weight excluding hydrogens is 544 g/mol. The van der Waals surface area contributed by atoms with Crippen LogP contribution in [0.4, 0.5) is 26.3 Å². The summed E-state index contributed by atoms with van der Waals surface area (Å²) in [6.45, 7) is 1.32. The highest BCUT2D eigenvalue weighted by Gasteiger charge is 2.36. The van der Waals surface area contributed by atoms with Crippen LogP contribution >= 0.6 is 0 Å². The van der Waals surface area contributed by atoms with E-state index in [-0.39, 0.29) is 34.1 Å². The molecule has 2 heterocycles. The van der Waals surface area contributed by atoms with Crippen molar-refractivity contribution in [3.8, 4) is 40.1 Å². The fourth-order valence-corrected chi connectivity index (χ4v) is 3.77. The lowest BCUT2D eigenvalue weighted by Crippen LogP contribution is -2.11. The summed E-state index contributed by atoms with van der Waals surface area (Å²) in [7, 11) is -3.97. The number of sulfonamides is 1. The van der Waals surface area contributed by atoms with Crippen LogP contribution < -0.4 is 9.88 Å². The van der Waals surface area contributed by atoms with Crippen LogP contribution in [-0.4, -0.2) is 35.1 Å². The van der Waals surface area contributed by atoms with Gasteiger partial charge in [-0.1, -0.05) is 11.2 Å². The van der Waals surface area contributed by atoms with E-state index in [4.69, 9.17) is 14.4 Å². The van der Waals surface area contributed by atoms with Crippen LogP contribution in [0.2, 0.25) is 0 Å². The minimum absolute atomic E-state index is 0.117. The first kappa shape index (κ1) is 27.0. The van der Waals surface area contributed by atoms with Gasteiger partial charge in [0.15, 0.2) is 0 Å². The molecule has 2 aromatic heterocycles. The van der Waals surface area contributed by atoms with E-state index in [0.717, 1.165) is 12.1 Å². The molecule has 0 aliphatic carbocycles. The van der Waals surface area contributed by atoms with E-state index in [0.29, 0.717) is 12.1 Å². The maximum Gasteiger partial charge on any atom is 0.433 e. The fourth-order valence-electron chi connectivity index (χ4n) is 3.25. The minimum atomic E-state index is -4.95. The van der Waals surface area contributed by atoms with Gasteiger partial charge >= 0.3 is 12.4 Å². The van der Waals surface area contributed by atoms with E-state index in [1.165, 1.54) is 31.2 Å². The van der Waals surface area contributed by atoms with Gasteiger partial charge in [0, 0.05) is 11.1 Å². The molecule has 200 valence electrons. The molecular formula is C22H15F6N5O4S. The van der Waals surface area contributed by atoms with Crippen LogP contribution in [0, 0.1) is 0 Å². The molecule has 0 saturated heterocycles. The Morgan fingerprint density at radius 2 is 1.53 bits per heavy atom. The lowest BCUT2D eigenvalue weighted by atomic mass is 10.1. The second-order valence-corrected chi connectivity index (χ2v) is 9.16. The van der Waals surface area contributed by atoms with Crippen molar-refractivity contribution in [1.29, 1.82) is 0 Å². The summed E-state index contributed by atoms with van der Waals surface area (Å²) >= 11 is 0. The molecule has 38 heavy (non-hydrogen) atoms. The van der Waals surface area contributed by atoms with Gasteiger partial charge in [0.05, 0.1) is 22.8 Å². The largest absolute Gasteiger partial charge is 0.493 e. The molecule has 16 heteroatoms. The number of nitrogens with zero attached hydrogens (tertiary/aromatic N) is 4. The molecule has 0 bridgehead atoms. The molecule has 2 aromatic carbocycles. The smallest absolute Gasteiger partial charge is 0.433 e. The lowest BCUT2D eigenvalue weighted by Gasteiger charge is -2.15. The minimum Gasteiger partial charge on any atom is -0.493 e. The number of nitrogens with two attached hydrogens (primary N) is 1. The van der Waals surface area contributed by atoms with Gasteiger partial charge in [0.2, 0.25) is 21.7 Å². The van der Waals surface area contributed by atoms with Gasteiger partial charge in [-0.05, 0) is 49.4 Å². The van der Waals surface area contributed by atoms with Crippen molar-refractivity contribution in [2.24, 2.45) is 5.14 Å². The number of benzene rings is 2. The molecule has 4 aromatic rings. The van der Waals surface area contributed by atoms with Gasteiger partial charge in [-0.2, -0.15) is 31.3 Å². The number of rotatable bonds is 6. The van der Waals surface area contributed by atoms with Crippen LogP contribution in [0.1, 0.15) is 18.2 Å². The normalized spacial score (nSPS) is 12.5. The van der Waals surface area contributed by atoms with Crippen molar-refractivity contribution in [3.63, 3.8) is 0 Å². The average molecular weight is 559 g/mol. The standard InChI is InChI=1S/C22H15F6N5O4S/c1-2-36-16-9-12(5-8-14(16)21(23,24)25)15-10-17(22(26,27)28)31-19(30-15)20-32-18(33-37-20)11-3-6-13(7-4-11)38(29,34)35/h3-10H,2H2,1H3,(H2,29,34,35). The van der Waals surface area contributed by atoms with E-state index in [2.05, 4.69) is 20.1 Å². The third kappa shape index (κ3) is 5.75. The third-order valence-corrected chi connectivity index (χ3v) is 5.89. The molecule has 0 aliphatic rings. The Balaban J connectivity index is 1.79. The number of alkyl halides is 6. The van der Waals surface area contributed by atoms with Crippen molar-refractivity contribution < 1.29 is 44.0 Å². The van der Waals surface area contributed by atoms with Crippen LogP contribution in [0.25, 0.3) is 34.4 Å². The zero-order valence-corrected chi connectivity index (χ0v) is 19.8. The molecule has 2 N–H and O–H groups in total. The first-order valence-electron chi connectivity index (χ1n) is 10.4. The number of ether oxygens (including phenoxy) is 1. The molecule has 0 fully saturated rings. The van der Waals surface area contributed by atoms with Gasteiger partial charge in [-0.15, -0.1) is 0 Å². The maximum absolute atomic E-state index is 13.6. The SMILES string of the molecule is CCOc1cc(-c2cc(C(F)(F)F)nc(-c3nc(-c4ccc(S(N)(=O)=O)cc4)no3)n2)ccc1C(F)(F)F. The Morgan fingerprint density at radius 3 is 2.11 bits per heavy atom. The summed E-state index contributed by atoms with van der Waals surface area (Å²) < 4.78 is 114. The molecule has 0 unspecified atom stereocenters. The molecule has 0 aliphatic heterocycles. The van der Waals surface area contributed by atoms with Gasteiger partial charge in [0.1, 0.15) is 11.4 Å². The monoisotopic (exact) mass is 559 g/mol. The zero-order chi connectivity index (χ0) is 27.9. The van der Waals surface area contributed by atoms with Gasteiger partial charge in [-0.3, -0.25) is 0 Å². The highest BCUT2D eigenvalue weighted by Crippen LogP contribution is 2.39. The summed E-state index contributed by atoms with van der Waals surface area (Å²) in [4.78, 5) is 11.2. The first-order chi connectivity index (χ1) is 17.7. The molecule has 9 nitrogen and oxygen atoms in total. The van der Waals surface area contributed by atoms with E-state index in [9.17, 15) is 34.8 Å². The lowest BCUT2D eigenvalue weighted by molar-refractivity contribution is -0.141. The highest BCUT2D eigenvalue weighted by molar-refractivity contribution is 7.89. The van der Waals surface area contributed by atoms with Crippen molar-refractivity contribution in [2.45, 2.75) is 24.2 Å². The number of hydrogen-bond acceptors (Lipinski definition) is 8. The summed E-state index contributed by atoms with van der Waals surface area (Å²) in [6, 6.07) is 8.03. The number of aromatic nitrogens is 4. The Morgan fingerprint density at radius 1 is 0.868 bits per heavy atom. The predicted octanol–water partition coefficient (Wildman–Crippen LogP) is 4.94. The average Bonchev–Trinajstić information content (AvgIpc) is 3.33. The zero-order valence-electron chi connectivity index (χ0n) is 19.0. The number of primary sulfonamides is 1. The Bertz CT molecular complexity index is 1590. The third-order valence-electron chi connectivity index (χ3n) is 4.96. The second-order valence-electron chi connectivity index (χ2n) is 7.59. The Kier molecular flexibility index (Phi) is 6.88. The van der Waals surface area contributed by atoms with Crippen molar-refractivity contribution in [3.05, 3.63) is 59.8 Å². The van der Waals surface area contributed by atoms with Gasteiger partial charge < -0.3 is 9.26 Å². The van der Waals surface area contributed by atoms with Crippen molar-refractivity contribution in [2.75, 3.05) is 6.61 Å². The molecule has 0 atom stereocenters. The molecule has 0 saturated carbocycles. The maximum atomic E-state index is 13.6. The summed E-state index contributed by atoms with van der Waals surface area (Å²) in [5.41, 5.74) is -2.78. The number of halogens is 6. The Hall–Kier alpha value is -4.05. The van der Waals surface area contributed by atoms with Crippen LogP contribution in [0.3, 0.4) is 0 Å². The van der Waals surface area contributed by atoms with Crippen LogP contribution in [-0.2, 0) is 22.4 Å². The number of hydrogen-bond donors (Lipinski definition) is 1. The Labute approximate surface area is 210 Å². The molecule has 0 radical (unpaired) electrons. The van der Waals surface area contributed by atoms with E-state index >= 15 is 0 Å². The molecule has 0 amide bonds. The fraction of sp³-hybridized carbons (Fsp3) is 0.182. The first-order valence-corrected chi connectivity index (χ1v) is 12.0. The van der Waals surface area contributed by atoms with E-state index in [1.807, 2.05) is 0 Å². The van der Waals surface area contributed by atoms with E-state index in [1.54, 1.807) is 0 Å². The van der Waals surface area contributed by atoms with Crippen LogP contribution in [0.5, 0.6) is 5.75 Å².